The number of nitrogens with zero attached hydrogens (tertiary/aromatic N) is 2. The Labute approximate surface area is 143 Å². The number of carbonyl (C=O) groups excluding carboxylic acids is 1. The van der Waals surface area contributed by atoms with Crippen molar-refractivity contribution in [3.63, 3.8) is 0 Å². The summed E-state index contributed by atoms with van der Waals surface area (Å²) in [6.07, 6.45) is 1.07. The largest absolute Gasteiger partial charge is 0.318 e. The van der Waals surface area contributed by atoms with Crippen molar-refractivity contribution in [2.45, 2.75) is 4.90 Å². The van der Waals surface area contributed by atoms with Crippen LogP contribution in [0.15, 0.2) is 58.5 Å². The van der Waals surface area contributed by atoms with E-state index >= 15 is 0 Å². The van der Waals surface area contributed by atoms with Crippen LogP contribution in [-0.2, 0) is 16.9 Å². The zero-order valence-corrected chi connectivity index (χ0v) is 14.7. The van der Waals surface area contributed by atoms with Gasteiger partial charge in [0.05, 0.1) is 20.7 Å². The van der Waals surface area contributed by atoms with Gasteiger partial charge in [-0.2, -0.15) is 0 Å². The maximum atomic E-state index is 12.3. The Bertz CT molecular complexity index is 1090. The van der Waals surface area contributed by atoms with Crippen LogP contribution < -0.4 is 10.2 Å². The molecule has 1 heterocycles. The van der Waals surface area contributed by atoms with Crippen LogP contribution in [0.1, 0.15) is 10.4 Å². The number of fused-ring (bicyclic) bond motifs is 1. The van der Waals surface area contributed by atoms with Gasteiger partial charge in [0.15, 0.2) is 9.84 Å². The summed E-state index contributed by atoms with van der Waals surface area (Å²) in [6.45, 7) is 0. The Hall–Kier alpha value is -2.45. The van der Waals surface area contributed by atoms with Crippen LogP contribution in [0, 0.1) is 0 Å². The summed E-state index contributed by atoms with van der Waals surface area (Å²) < 4.78 is 26.5. The SMILES string of the molecule is Cn1/c(=N\NC(=O)c2ccccc2S(C)(=O)=O)sc2ccccc21. The van der Waals surface area contributed by atoms with Crippen LogP contribution in [0.25, 0.3) is 10.2 Å². The maximum absolute atomic E-state index is 12.3. The van der Waals surface area contributed by atoms with E-state index in [0.717, 1.165) is 16.5 Å². The van der Waals surface area contributed by atoms with Gasteiger partial charge in [0.25, 0.3) is 5.91 Å². The number of thiazole rings is 1. The first-order valence-corrected chi connectivity index (χ1v) is 9.76. The van der Waals surface area contributed by atoms with Crippen LogP contribution in [0.5, 0.6) is 0 Å². The van der Waals surface area contributed by atoms with E-state index in [-0.39, 0.29) is 10.5 Å². The highest BCUT2D eigenvalue weighted by Gasteiger charge is 2.17. The number of para-hydroxylation sites is 1. The van der Waals surface area contributed by atoms with E-state index in [9.17, 15) is 13.2 Å². The Morgan fingerprint density at radius 1 is 1.12 bits per heavy atom. The van der Waals surface area contributed by atoms with Crippen LogP contribution in [0.2, 0.25) is 0 Å². The molecule has 0 unspecified atom stereocenters. The highest BCUT2D eigenvalue weighted by molar-refractivity contribution is 7.90. The number of carbonyl (C=O) groups is 1. The van der Waals surface area contributed by atoms with E-state index in [0.29, 0.717) is 4.80 Å². The van der Waals surface area contributed by atoms with Crippen molar-refractivity contribution in [1.29, 1.82) is 0 Å². The van der Waals surface area contributed by atoms with Gasteiger partial charge < -0.3 is 4.57 Å². The van der Waals surface area contributed by atoms with Gasteiger partial charge in [0, 0.05) is 13.3 Å². The van der Waals surface area contributed by atoms with Gasteiger partial charge in [0.2, 0.25) is 4.80 Å². The Balaban J connectivity index is 1.98. The molecule has 0 aliphatic carbocycles. The molecule has 24 heavy (non-hydrogen) atoms. The number of aromatic nitrogens is 1. The molecule has 0 aliphatic heterocycles. The summed E-state index contributed by atoms with van der Waals surface area (Å²) in [5, 5.41) is 4.13. The lowest BCUT2D eigenvalue weighted by atomic mass is 10.2. The molecule has 0 aliphatic rings. The lowest BCUT2D eigenvalue weighted by Crippen LogP contribution is -2.24. The molecule has 0 fully saturated rings. The average Bonchev–Trinajstić information content (AvgIpc) is 2.88. The van der Waals surface area contributed by atoms with Crippen LogP contribution in [0.3, 0.4) is 0 Å². The zero-order valence-electron chi connectivity index (χ0n) is 13.1. The summed E-state index contributed by atoms with van der Waals surface area (Å²) in [5.74, 6) is -0.562. The molecule has 8 heteroatoms. The molecular formula is C16H15N3O3S2. The molecular weight excluding hydrogens is 346 g/mol. The summed E-state index contributed by atoms with van der Waals surface area (Å²) in [6, 6.07) is 13.9. The summed E-state index contributed by atoms with van der Waals surface area (Å²) >= 11 is 1.43. The van der Waals surface area contributed by atoms with E-state index in [1.54, 1.807) is 12.1 Å². The quantitative estimate of drug-likeness (QED) is 0.724. The summed E-state index contributed by atoms with van der Waals surface area (Å²) in [7, 11) is -1.64. The van der Waals surface area contributed by atoms with Crippen LogP contribution in [-0.4, -0.2) is 25.1 Å². The molecule has 124 valence electrons. The van der Waals surface area contributed by atoms with E-state index in [4.69, 9.17) is 0 Å². The van der Waals surface area contributed by atoms with Gasteiger partial charge in [-0.05, 0) is 24.3 Å². The molecule has 0 saturated carbocycles. The van der Waals surface area contributed by atoms with Crippen molar-refractivity contribution in [3.8, 4) is 0 Å². The molecule has 0 saturated heterocycles. The normalized spacial score (nSPS) is 12.5. The Morgan fingerprint density at radius 3 is 2.50 bits per heavy atom. The zero-order chi connectivity index (χ0) is 17.3. The number of aryl methyl sites for hydroxylation is 1. The standard InChI is InChI=1S/C16H15N3O3S2/c1-19-12-8-4-5-9-13(12)23-16(19)18-17-15(20)11-7-3-6-10-14(11)24(2,21)22/h3-10H,1-2H3,(H,17,20)/b18-16+. The molecule has 3 rings (SSSR count). The van der Waals surface area contributed by atoms with Gasteiger partial charge in [-0.1, -0.05) is 35.6 Å². The number of rotatable bonds is 3. The van der Waals surface area contributed by atoms with Gasteiger partial charge in [0.1, 0.15) is 0 Å². The van der Waals surface area contributed by atoms with E-state index in [2.05, 4.69) is 10.5 Å². The van der Waals surface area contributed by atoms with Gasteiger partial charge in [-0.15, -0.1) is 5.10 Å². The predicted octanol–water partition coefficient (Wildman–Crippen LogP) is 1.89. The third-order valence-electron chi connectivity index (χ3n) is 3.50. The number of sulfone groups is 1. The number of hydrogen-bond acceptors (Lipinski definition) is 5. The second-order valence-corrected chi connectivity index (χ2v) is 8.23. The lowest BCUT2D eigenvalue weighted by molar-refractivity contribution is 0.0949. The van der Waals surface area contributed by atoms with Gasteiger partial charge in [-0.25, -0.2) is 13.8 Å². The van der Waals surface area contributed by atoms with Crippen LogP contribution >= 0.6 is 11.3 Å². The fraction of sp³-hybridized carbons (Fsp3) is 0.125. The van der Waals surface area contributed by atoms with Crippen LogP contribution in [0.4, 0.5) is 0 Å². The van der Waals surface area contributed by atoms with Gasteiger partial charge >= 0.3 is 0 Å². The first-order chi connectivity index (χ1) is 11.4. The molecule has 0 radical (unpaired) electrons. The van der Waals surface area contributed by atoms with Gasteiger partial charge in [-0.3, -0.25) is 4.79 Å². The monoisotopic (exact) mass is 361 g/mol. The minimum absolute atomic E-state index is 0.0154. The first kappa shape index (κ1) is 16.4. The topological polar surface area (TPSA) is 80.5 Å². The molecule has 1 amide bonds. The minimum Gasteiger partial charge on any atom is -0.318 e. The second-order valence-electron chi connectivity index (χ2n) is 5.23. The number of amides is 1. The molecule has 6 nitrogen and oxygen atoms in total. The molecule has 2 aromatic carbocycles. The molecule has 0 spiro atoms. The Morgan fingerprint density at radius 2 is 1.79 bits per heavy atom. The molecule has 1 aromatic heterocycles. The number of hydrogen-bond donors (Lipinski definition) is 1. The fourth-order valence-corrected chi connectivity index (χ4v) is 4.19. The second kappa shape index (κ2) is 6.21. The van der Waals surface area contributed by atoms with E-state index in [1.165, 1.54) is 23.5 Å². The van der Waals surface area contributed by atoms with Crippen molar-refractivity contribution >= 4 is 37.3 Å². The molecule has 0 atom stereocenters. The first-order valence-electron chi connectivity index (χ1n) is 7.05. The number of benzene rings is 2. The summed E-state index contributed by atoms with van der Waals surface area (Å²) in [4.78, 5) is 12.9. The smallest absolute Gasteiger partial charge is 0.272 e. The third kappa shape index (κ3) is 3.10. The van der Waals surface area contributed by atoms with E-state index in [1.807, 2.05) is 35.9 Å². The average molecular weight is 361 g/mol. The molecule has 0 bridgehead atoms. The highest BCUT2D eigenvalue weighted by Crippen LogP contribution is 2.16. The molecule has 1 N–H and O–H groups in total. The third-order valence-corrected chi connectivity index (χ3v) is 5.77. The fourth-order valence-electron chi connectivity index (χ4n) is 2.32. The minimum atomic E-state index is -3.50. The predicted molar refractivity (Wildman–Crippen MR) is 93.4 cm³/mol. The van der Waals surface area contributed by atoms with Crippen molar-refractivity contribution in [1.82, 2.24) is 9.99 Å². The maximum Gasteiger partial charge on any atom is 0.272 e. The lowest BCUT2D eigenvalue weighted by Gasteiger charge is -2.05. The van der Waals surface area contributed by atoms with Crippen molar-refractivity contribution in [3.05, 3.63) is 58.9 Å². The van der Waals surface area contributed by atoms with Crippen molar-refractivity contribution < 1.29 is 13.2 Å². The van der Waals surface area contributed by atoms with E-state index < -0.39 is 15.7 Å². The van der Waals surface area contributed by atoms with Crippen molar-refractivity contribution in [2.75, 3.05) is 6.26 Å². The Kier molecular flexibility index (Phi) is 4.25. The molecule has 3 aromatic rings. The number of nitrogens with one attached hydrogen (secondary N) is 1. The summed E-state index contributed by atoms with van der Waals surface area (Å²) in [5.41, 5.74) is 3.52. The highest BCUT2D eigenvalue weighted by atomic mass is 32.2. The van der Waals surface area contributed by atoms with Crippen molar-refractivity contribution in [2.24, 2.45) is 12.1 Å².